The molecule has 1 aromatic rings. The first-order valence-corrected chi connectivity index (χ1v) is 8.47. The molecule has 0 aromatic heterocycles. The lowest BCUT2D eigenvalue weighted by Crippen LogP contribution is -2.07. The molecule has 0 heterocycles. The van der Waals surface area contributed by atoms with Crippen molar-refractivity contribution in [3.8, 4) is 5.75 Å². The average molecular weight is 317 g/mol. The lowest BCUT2D eigenvalue weighted by atomic mass is 10.3. The maximum absolute atomic E-state index is 13.5. The van der Waals surface area contributed by atoms with Crippen LogP contribution in [0.2, 0.25) is 0 Å². The topological polar surface area (TPSA) is 43.4 Å². The van der Waals surface area contributed by atoms with E-state index in [4.69, 9.17) is 15.4 Å². The average Bonchev–Trinajstić information content (AvgIpc) is 2.24. The van der Waals surface area contributed by atoms with Gasteiger partial charge in [0.15, 0.2) is 11.6 Å². The number of ether oxygens (including phenoxy) is 1. The Balaban J connectivity index is 3.02. The standard InChI is InChI=1S/C10H11ClF2O3S2/c1-2-17-4-3-16-10-8(13)5-7(12)6-9(10)18(11,14)15/h5-6H,2-4H2,1H3. The Morgan fingerprint density at radius 1 is 1.39 bits per heavy atom. The van der Waals surface area contributed by atoms with Gasteiger partial charge in [0.1, 0.15) is 10.7 Å². The van der Waals surface area contributed by atoms with Crippen LogP contribution in [0.4, 0.5) is 8.78 Å². The zero-order chi connectivity index (χ0) is 13.8. The molecule has 1 rings (SSSR count). The highest BCUT2D eigenvalue weighted by Crippen LogP contribution is 2.31. The largest absolute Gasteiger partial charge is 0.488 e. The predicted octanol–water partition coefficient (Wildman–Crippen LogP) is 3.02. The molecule has 1 aromatic carbocycles. The third-order valence-electron chi connectivity index (χ3n) is 1.92. The second-order valence-electron chi connectivity index (χ2n) is 3.20. The van der Waals surface area contributed by atoms with Crippen molar-refractivity contribution in [2.75, 3.05) is 18.1 Å². The van der Waals surface area contributed by atoms with Gasteiger partial charge in [0.05, 0.1) is 6.61 Å². The van der Waals surface area contributed by atoms with Gasteiger partial charge in [0.2, 0.25) is 0 Å². The number of halogens is 3. The molecule has 0 fully saturated rings. The van der Waals surface area contributed by atoms with E-state index in [-0.39, 0.29) is 6.61 Å². The predicted molar refractivity (Wildman–Crippen MR) is 67.9 cm³/mol. The van der Waals surface area contributed by atoms with Crippen molar-refractivity contribution in [1.82, 2.24) is 0 Å². The monoisotopic (exact) mass is 316 g/mol. The van der Waals surface area contributed by atoms with Gasteiger partial charge >= 0.3 is 0 Å². The quantitative estimate of drug-likeness (QED) is 0.597. The molecule has 0 aliphatic carbocycles. The molecule has 0 N–H and O–H groups in total. The highest BCUT2D eigenvalue weighted by molar-refractivity contribution is 8.13. The van der Waals surface area contributed by atoms with E-state index in [1.165, 1.54) is 0 Å². The van der Waals surface area contributed by atoms with Gasteiger partial charge in [-0.3, -0.25) is 0 Å². The first-order chi connectivity index (χ1) is 8.36. The van der Waals surface area contributed by atoms with Crippen LogP contribution < -0.4 is 4.74 Å². The van der Waals surface area contributed by atoms with Crippen LogP contribution in [0, 0.1) is 11.6 Å². The van der Waals surface area contributed by atoms with Crippen LogP contribution in [0.25, 0.3) is 0 Å². The van der Waals surface area contributed by atoms with E-state index in [2.05, 4.69) is 0 Å². The molecule has 0 spiro atoms. The third kappa shape index (κ3) is 4.29. The molecule has 0 amide bonds. The minimum atomic E-state index is -4.26. The molecular weight excluding hydrogens is 306 g/mol. The summed E-state index contributed by atoms with van der Waals surface area (Å²) in [5, 5.41) is 0. The zero-order valence-corrected chi connectivity index (χ0v) is 11.8. The van der Waals surface area contributed by atoms with Gasteiger partial charge in [0.25, 0.3) is 9.05 Å². The normalized spacial score (nSPS) is 11.6. The first-order valence-electron chi connectivity index (χ1n) is 5.00. The van der Waals surface area contributed by atoms with Crippen LogP contribution in [0.5, 0.6) is 5.75 Å². The van der Waals surface area contributed by atoms with Gasteiger partial charge in [-0.15, -0.1) is 0 Å². The number of benzene rings is 1. The van der Waals surface area contributed by atoms with Crippen LogP contribution in [0.3, 0.4) is 0 Å². The molecule has 8 heteroatoms. The molecule has 3 nitrogen and oxygen atoms in total. The third-order valence-corrected chi connectivity index (χ3v) is 4.11. The Labute approximate surface area is 113 Å². The summed E-state index contributed by atoms with van der Waals surface area (Å²) in [6, 6.07) is 1.18. The molecule has 0 radical (unpaired) electrons. The fraction of sp³-hybridized carbons (Fsp3) is 0.400. The summed E-state index contributed by atoms with van der Waals surface area (Å²) in [7, 11) is 0.841. The molecule has 0 atom stereocenters. The Morgan fingerprint density at radius 2 is 2.06 bits per heavy atom. The smallest absolute Gasteiger partial charge is 0.265 e. The number of thioether (sulfide) groups is 1. The lowest BCUT2D eigenvalue weighted by Gasteiger charge is -2.10. The van der Waals surface area contributed by atoms with Crippen molar-refractivity contribution >= 4 is 31.5 Å². The number of hydrogen-bond donors (Lipinski definition) is 0. The molecular formula is C10H11ClF2O3S2. The summed E-state index contributed by atoms with van der Waals surface area (Å²) >= 11 is 1.55. The Morgan fingerprint density at radius 3 is 2.61 bits per heavy atom. The summed E-state index contributed by atoms with van der Waals surface area (Å²) < 4.78 is 53.8. The summed E-state index contributed by atoms with van der Waals surface area (Å²) in [6.45, 7) is 2.05. The fourth-order valence-electron chi connectivity index (χ4n) is 1.20. The second kappa shape index (κ2) is 6.58. The van der Waals surface area contributed by atoms with E-state index in [1.54, 1.807) is 11.8 Å². The van der Waals surface area contributed by atoms with E-state index in [9.17, 15) is 17.2 Å². The molecule has 0 saturated carbocycles. The highest BCUT2D eigenvalue weighted by Gasteiger charge is 2.22. The van der Waals surface area contributed by atoms with Crippen LogP contribution >= 0.6 is 22.4 Å². The number of rotatable bonds is 6. The summed E-state index contributed by atoms with van der Waals surface area (Å²) in [4.78, 5) is -0.692. The van der Waals surface area contributed by atoms with Crippen molar-refractivity contribution in [3.05, 3.63) is 23.8 Å². The van der Waals surface area contributed by atoms with E-state index < -0.39 is 31.3 Å². The Hall–Kier alpha value is -0.530. The number of hydrogen-bond acceptors (Lipinski definition) is 4. The van der Waals surface area contributed by atoms with Crippen molar-refractivity contribution in [3.63, 3.8) is 0 Å². The highest BCUT2D eigenvalue weighted by atomic mass is 35.7. The van der Waals surface area contributed by atoms with Crippen molar-refractivity contribution in [1.29, 1.82) is 0 Å². The first kappa shape index (κ1) is 15.5. The van der Waals surface area contributed by atoms with Gasteiger partial charge in [-0.25, -0.2) is 17.2 Å². The summed E-state index contributed by atoms with van der Waals surface area (Å²) in [5.41, 5.74) is 0. The van der Waals surface area contributed by atoms with E-state index in [1.807, 2.05) is 6.92 Å². The van der Waals surface area contributed by atoms with Gasteiger partial charge < -0.3 is 4.74 Å². The van der Waals surface area contributed by atoms with E-state index in [0.29, 0.717) is 17.9 Å². The molecule has 0 bridgehead atoms. The van der Waals surface area contributed by atoms with Crippen LogP contribution in [-0.2, 0) is 9.05 Å². The van der Waals surface area contributed by atoms with Gasteiger partial charge in [-0.1, -0.05) is 6.92 Å². The van der Waals surface area contributed by atoms with Crippen LogP contribution in [-0.4, -0.2) is 26.5 Å². The minimum absolute atomic E-state index is 0.112. The van der Waals surface area contributed by atoms with Crippen molar-refractivity contribution in [2.45, 2.75) is 11.8 Å². The summed E-state index contributed by atoms with van der Waals surface area (Å²) in [6.07, 6.45) is 0. The zero-order valence-electron chi connectivity index (χ0n) is 9.45. The second-order valence-corrected chi connectivity index (χ2v) is 7.13. The maximum Gasteiger partial charge on any atom is 0.265 e. The Bertz CT molecular complexity index is 520. The molecule has 18 heavy (non-hydrogen) atoms. The molecule has 0 unspecified atom stereocenters. The van der Waals surface area contributed by atoms with Gasteiger partial charge in [-0.2, -0.15) is 11.8 Å². The van der Waals surface area contributed by atoms with E-state index >= 15 is 0 Å². The molecule has 0 saturated heterocycles. The van der Waals surface area contributed by atoms with Crippen LogP contribution in [0.1, 0.15) is 6.92 Å². The fourth-order valence-corrected chi connectivity index (χ4v) is 2.67. The van der Waals surface area contributed by atoms with Gasteiger partial charge in [0, 0.05) is 22.5 Å². The lowest BCUT2D eigenvalue weighted by molar-refractivity contribution is 0.313. The SMILES string of the molecule is CCSCCOc1c(F)cc(F)cc1S(=O)(=O)Cl. The van der Waals surface area contributed by atoms with Crippen molar-refractivity contribution in [2.24, 2.45) is 0 Å². The molecule has 0 aliphatic rings. The van der Waals surface area contributed by atoms with E-state index in [0.717, 1.165) is 5.75 Å². The minimum Gasteiger partial charge on any atom is -0.488 e. The molecule has 0 aliphatic heterocycles. The maximum atomic E-state index is 13.5. The molecule has 102 valence electrons. The Kier molecular flexibility index (Phi) is 5.68. The van der Waals surface area contributed by atoms with Crippen molar-refractivity contribution < 1.29 is 21.9 Å². The van der Waals surface area contributed by atoms with Gasteiger partial charge in [-0.05, 0) is 11.8 Å². The van der Waals surface area contributed by atoms with Crippen LogP contribution in [0.15, 0.2) is 17.0 Å². The summed E-state index contributed by atoms with van der Waals surface area (Å²) in [5.74, 6) is -1.23.